The van der Waals surface area contributed by atoms with Crippen molar-refractivity contribution in [1.29, 1.82) is 0 Å². The second-order valence-corrected chi connectivity index (χ2v) is 7.69. The summed E-state index contributed by atoms with van der Waals surface area (Å²) in [7, 11) is 0. The second kappa shape index (κ2) is 7.07. The van der Waals surface area contributed by atoms with Crippen LogP contribution in [-0.2, 0) is 11.2 Å². The molecule has 0 saturated carbocycles. The van der Waals surface area contributed by atoms with E-state index in [9.17, 15) is 9.59 Å². The molecule has 21 heavy (non-hydrogen) atoms. The molecule has 1 atom stereocenters. The van der Waals surface area contributed by atoms with Crippen LogP contribution in [0.15, 0.2) is 6.07 Å². The van der Waals surface area contributed by atoms with E-state index >= 15 is 0 Å². The molecule has 0 aliphatic heterocycles. The molecule has 1 aromatic heterocycles. The van der Waals surface area contributed by atoms with Gasteiger partial charge in [-0.2, -0.15) is 0 Å². The summed E-state index contributed by atoms with van der Waals surface area (Å²) in [4.78, 5) is 25.2. The monoisotopic (exact) mass is 311 g/mol. The van der Waals surface area contributed by atoms with Gasteiger partial charge in [-0.05, 0) is 30.4 Å². The molecule has 5 heteroatoms. The molecule has 0 bridgehead atoms. The summed E-state index contributed by atoms with van der Waals surface area (Å²) in [5, 5.41) is 11.9. The van der Waals surface area contributed by atoms with Crippen LogP contribution in [0.1, 0.15) is 60.6 Å². The number of hydrogen-bond acceptors (Lipinski definition) is 3. The summed E-state index contributed by atoms with van der Waals surface area (Å²) in [5.41, 5.74) is 0.908. The number of thiophene rings is 1. The van der Waals surface area contributed by atoms with Crippen LogP contribution in [-0.4, -0.2) is 23.0 Å². The van der Waals surface area contributed by atoms with Crippen LogP contribution in [0.25, 0.3) is 0 Å². The van der Waals surface area contributed by atoms with Gasteiger partial charge in [-0.1, -0.05) is 34.1 Å². The Hall–Kier alpha value is -1.36. The number of hydrogen-bond donors (Lipinski definition) is 2. The molecule has 0 saturated heterocycles. The van der Waals surface area contributed by atoms with Crippen molar-refractivity contribution in [2.45, 2.75) is 59.9 Å². The lowest BCUT2D eigenvalue weighted by Gasteiger charge is -2.30. The zero-order valence-corrected chi connectivity index (χ0v) is 14.3. The van der Waals surface area contributed by atoms with E-state index in [0.29, 0.717) is 4.88 Å². The van der Waals surface area contributed by atoms with Gasteiger partial charge in [-0.3, -0.25) is 9.59 Å². The Balaban J connectivity index is 2.86. The molecule has 1 unspecified atom stereocenters. The highest BCUT2D eigenvalue weighted by Gasteiger charge is 2.29. The van der Waals surface area contributed by atoms with Crippen molar-refractivity contribution in [1.82, 2.24) is 5.32 Å². The lowest BCUT2D eigenvalue weighted by molar-refractivity contribution is -0.138. The van der Waals surface area contributed by atoms with Gasteiger partial charge >= 0.3 is 5.97 Å². The van der Waals surface area contributed by atoms with Gasteiger partial charge in [0.25, 0.3) is 5.91 Å². The number of carboxylic acid groups (broad SMARTS) is 1. The molecule has 1 aromatic rings. The van der Waals surface area contributed by atoms with Crippen LogP contribution >= 0.6 is 11.3 Å². The molecule has 0 spiro atoms. The van der Waals surface area contributed by atoms with Crippen LogP contribution in [0.4, 0.5) is 0 Å². The first-order valence-electron chi connectivity index (χ1n) is 7.27. The van der Waals surface area contributed by atoms with E-state index in [1.807, 2.05) is 33.8 Å². The van der Waals surface area contributed by atoms with Gasteiger partial charge in [0.05, 0.1) is 11.3 Å². The molecule has 0 aromatic carbocycles. The fourth-order valence-corrected chi connectivity index (χ4v) is 3.10. The third kappa shape index (κ3) is 5.16. The van der Waals surface area contributed by atoms with Crippen LogP contribution in [0, 0.1) is 12.3 Å². The largest absolute Gasteiger partial charge is 0.481 e. The highest BCUT2D eigenvalue weighted by atomic mass is 32.1. The molecule has 0 aliphatic carbocycles. The van der Waals surface area contributed by atoms with Crippen molar-refractivity contribution in [3.05, 3.63) is 21.4 Å². The van der Waals surface area contributed by atoms with E-state index in [1.165, 1.54) is 16.9 Å². The average Bonchev–Trinajstić information content (AvgIpc) is 2.69. The Labute approximate surface area is 130 Å². The fourth-order valence-electron chi connectivity index (χ4n) is 2.13. The van der Waals surface area contributed by atoms with Gasteiger partial charge in [-0.15, -0.1) is 11.3 Å². The smallest absolute Gasteiger partial charge is 0.305 e. The lowest BCUT2D eigenvalue weighted by atomic mass is 9.84. The number of amides is 1. The number of rotatable bonds is 6. The minimum absolute atomic E-state index is 0.0680. The normalized spacial score (nSPS) is 13.0. The van der Waals surface area contributed by atoms with Crippen LogP contribution in [0.3, 0.4) is 0 Å². The van der Waals surface area contributed by atoms with E-state index in [-0.39, 0.29) is 23.8 Å². The van der Waals surface area contributed by atoms with Crippen LogP contribution in [0.2, 0.25) is 0 Å². The fraction of sp³-hybridized carbons (Fsp3) is 0.625. The molecule has 1 amide bonds. The molecule has 0 aliphatic rings. The molecule has 0 fully saturated rings. The summed E-state index contributed by atoms with van der Waals surface area (Å²) >= 11 is 1.47. The molecule has 118 valence electrons. The number of carboxylic acids is 1. The quantitative estimate of drug-likeness (QED) is 0.843. The number of carbonyl (C=O) groups excluding carboxylic acids is 1. The first kappa shape index (κ1) is 17.7. The molecule has 0 radical (unpaired) electrons. The summed E-state index contributed by atoms with van der Waals surface area (Å²) in [6.45, 7) is 9.93. The van der Waals surface area contributed by atoms with Gasteiger partial charge in [0, 0.05) is 10.9 Å². The van der Waals surface area contributed by atoms with Crippen molar-refractivity contribution in [3.63, 3.8) is 0 Å². The molecular weight excluding hydrogens is 286 g/mol. The second-order valence-electron chi connectivity index (χ2n) is 6.43. The van der Waals surface area contributed by atoms with Gasteiger partial charge in [0.1, 0.15) is 0 Å². The van der Waals surface area contributed by atoms with Crippen molar-refractivity contribution < 1.29 is 14.7 Å². The third-order valence-corrected chi connectivity index (χ3v) is 4.58. The SMILES string of the molecule is CCCc1cc(C(=O)NC(CC(=O)O)C(C)(C)C)sc1C. The Kier molecular flexibility index (Phi) is 5.96. The first-order chi connectivity index (χ1) is 9.65. The average molecular weight is 311 g/mol. The first-order valence-corrected chi connectivity index (χ1v) is 8.08. The van der Waals surface area contributed by atoms with E-state index in [0.717, 1.165) is 17.7 Å². The maximum Gasteiger partial charge on any atom is 0.305 e. The third-order valence-electron chi connectivity index (χ3n) is 3.49. The van der Waals surface area contributed by atoms with Gasteiger partial charge in [-0.25, -0.2) is 0 Å². The van der Waals surface area contributed by atoms with E-state index in [4.69, 9.17) is 5.11 Å². The summed E-state index contributed by atoms with van der Waals surface area (Å²) in [6, 6.07) is 1.54. The minimum Gasteiger partial charge on any atom is -0.481 e. The van der Waals surface area contributed by atoms with Crippen LogP contribution in [0.5, 0.6) is 0 Å². The standard InChI is InChI=1S/C16H25NO3S/c1-6-7-11-8-12(21-10(11)2)15(20)17-13(9-14(18)19)16(3,4)5/h8,13H,6-7,9H2,1-5H3,(H,17,20)(H,18,19). The van der Waals surface area contributed by atoms with Crippen molar-refractivity contribution in [2.24, 2.45) is 5.41 Å². The summed E-state index contributed by atoms with van der Waals surface area (Å²) in [6.07, 6.45) is 1.94. The van der Waals surface area contributed by atoms with Crippen molar-refractivity contribution >= 4 is 23.2 Å². The predicted molar refractivity (Wildman–Crippen MR) is 86.0 cm³/mol. The van der Waals surface area contributed by atoms with E-state index in [1.54, 1.807) is 0 Å². The molecule has 4 nitrogen and oxygen atoms in total. The number of aliphatic carboxylic acids is 1. The summed E-state index contributed by atoms with van der Waals surface area (Å²) in [5.74, 6) is -1.07. The zero-order chi connectivity index (χ0) is 16.2. The van der Waals surface area contributed by atoms with Crippen LogP contribution < -0.4 is 5.32 Å². The van der Waals surface area contributed by atoms with Crippen molar-refractivity contribution in [3.8, 4) is 0 Å². The predicted octanol–water partition coefficient (Wildman–Crippen LogP) is 3.63. The Morgan fingerprint density at radius 2 is 2.00 bits per heavy atom. The topological polar surface area (TPSA) is 66.4 Å². The maximum absolute atomic E-state index is 12.4. The highest BCUT2D eigenvalue weighted by Crippen LogP contribution is 2.25. The number of nitrogens with one attached hydrogen (secondary N) is 1. The van der Waals surface area contributed by atoms with Gasteiger partial charge in [0.15, 0.2) is 0 Å². The van der Waals surface area contributed by atoms with E-state index in [2.05, 4.69) is 12.2 Å². The van der Waals surface area contributed by atoms with Gasteiger partial charge in [0.2, 0.25) is 0 Å². The Morgan fingerprint density at radius 1 is 1.38 bits per heavy atom. The Morgan fingerprint density at radius 3 is 2.48 bits per heavy atom. The minimum atomic E-state index is -0.899. The highest BCUT2D eigenvalue weighted by molar-refractivity contribution is 7.14. The zero-order valence-electron chi connectivity index (χ0n) is 13.4. The molecule has 2 N–H and O–H groups in total. The number of carbonyl (C=O) groups is 2. The molecule has 1 rings (SSSR count). The number of aryl methyl sites for hydroxylation is 2. The van der Waals surface area contributed by atoms with Crippen molar-refractivity contribution in [2.75, 3.05) is 0 Å². The summed E-state index contributed by atoms with van der Waals surface area (Å²) < 4.78 is 0. The lowest BCUT2D eigenvalue weighted by Crippen LogP contribution is -2.44. The molecular formula is C16H25NO3S. The maximum atomic E-state index is 12.4. The molecule has 1 heterocycles. The van der Waals surface area contributed by atoms with E-state index < -0.39 is 5.97 Å². The Bertz CT molecular complexity index is 514. The van der Waals surface area contributed by atoms with Gasteiger partial charge < -0.3 is 10.4 Å².